The van der Waals surface area contributed by atoms with Gasteiger partial charge in [-0.25, -0.2) is 0 Å². The number of benzene rings is 1. The number of carboxylic acids is 1. The van der Waals surface area contributed by atoms with Crippen molar-refractivity contribution in [2.24, 2.45) is 5.92 Å². The summed E-state index contributed by atoms with van der Waals surface area (Å²) in [6.07, 6.45) is 0.878. The number of hydrogen-bond acceptors (Lipinski definition) is 2. The number of carboxylic acid groups (broad SMARTS) is 1. The molecule has 0 saturated carbocycles. The highest BCUT2D eigenvalue weighted by atomic mass is 35.5. The van der Waals surface area contributed by atoms with Gasteiger partial charge in [0.1, 0.15) is 0 Å². The van der Waals surface area contributed by atoms with E-state index in [1.54, 1.807) is 6.92 Å². The lowest BCUT2D eigenvalue weighted by Gasteiger charge is -2.18. The van der Waals surface area contributed by atoms with Crippen molar-refractivity contribution in [3.8, 4) is 0 Å². The van der Waals surface area contributed by atoms with E-state index in [9.17, 15) is 4.79 Å². The highest BCUT2D eigenvalue weighted by molar-refractivity contribution is 6.30. The number of likely N-dealkylation sites (N-methyl/N-ethyl adjacent to an activating group) is 1. The molecular formula is C13H18ClNO2. The molecule has 1 unspecified atom stereocenters. The molecule has 0 aromatic heterocycles. The third-order valence-electron chi connectivity index (χ3n) is 2.68. The van der Waals surface area contributed by atoms with Crippen LogP contribution in [0, 0.1) is 5.92 Å². The minimum atomic E-state index is -0.750. The van der Waals surface area contributed by atoms with Crippen LogP contribution in [0.25, 0.3) is 0 Å². The summed E-state index contributed by atoms with van der Waals surface area (Å²) in [6.45, 7) is 3.12. The SMILES string of the molecule is CC(CN(C)CCc1cccc(Cl)c1)C(=O)O. The molecule has 17 heavy (non-hydrogen) atoms. The highest BCUT2D eigenvalue weighted by Crippen LogP contribution is 2.11. The van der Waals surface area contributed by atoms with Crippen molar-refractivity contribution in [3.05, 3.63) is 34.9 Å². The lowest BCUT2D eigenvalue weighted by molar-refractivity contribution is -0.141. The van der Waals surface area contributed by atoms with E-state index in [-0.39, 0.29) is 5.92 Å². The second-order valence-electron chi connectivity index (χ2n) is 4.38. The minimum Gasteiger partial charge on any atom is -0.481 e. The van der Waals surface area contributed by atoms with Gasteiger partial charge in [0, 0.05) is 18.1 Å². The van der Waals surface area contributed by atoms with Crippen molar-refractivity contribution in [1.29, 1.82) is 0 Å². The number of rotatable bonds is 6. The van der Waals surface area contributed by atoms with Crippen LogP contribution in [0.4, 0.5) is 0 Å². The van der Waals surface area contributed by atoms with E-state index in [1.165, 1.54) is 5.56 Å². The number of aliphatic carboxylic acids is 1. The maximum atomic E-state index is 10.7. The summed E-state index contributed by atoms with van der Waals surface area (Å²) in [7, 11) is 1.93. The first kappa shape index (κ1) is 14.0. The largest absolute Gasteiger partial charge is 0.481 e. The second kappa shape index (κ2) is 6.62. The zero-order chi connectivity index (χ0) is 12.8. The molecular weight excluding hydrogens is 238 g/mol. The molecule has 4 heteroatoms. The third kappa shape index (κ3) is 5.20. The van der Waals surface area contributed by atoms with Crippen molar-refractivity contribution >= 4 is 17.6 Å². The van der Waals surface area contributed by atoms with Gasteiger partial charge >= 0.3 is 5.97 Å². The van der Waals surface area contributed by atoms with Crippen LogP contribution in [0.2, 0.25) is 5.02 Å². The lowest BCUT2D eigenvalue weighted by atomic mass is 10.1. The average molecular weight is 256 g/mol. The van der Waals surface area contributed by atoms with Crippen LogP contribution in [0.1, 0.15) is 12.5 Å². The topological polar surface area (TPSA) is 40.5 Å². The van der Waals surface area contributed by atoms with Crippen molar-refractivity contribution in [3.63, 3.8) is 0 Å². The first-order valence-electron chi connectivity index (χ1n) is 5.65. The van der Waals surface area contributed by atoms with E-state index in [1.807, 2.05) is 36.2 Å². The number of halogens is 1. The van der Waals surface area contributed by atoms with Crippen LogP contribution in [0.5, 0.6) is 0 Å². The fourth-order valence-electron chi connectivity index (χ4n) is 1.65. The summed E-state index contributed by atoms with van der Waals surface area (Å²) < 4.78 is 0. The monoisotopic (exact) mass is 255 g/mol. The number of carbonyl (C=O) groups is 1. The predicted molar refractivity (Wildman–Crippen MR) is 69.5 cm³/mol. The molecule has 0 saturated heterocycles. The van der Waals surface area contributed by atoms with Gasteiger partial charge in [-0.2, -0.15) is 0 Å². The first-order valence-corrected chi connectivity index (χ1v) is 6.02. The molecule has 0 aliphatic carbocycles. The molecule has 0 heterocycles. The third-order valence-corrected chi connectivity index (χ3v) is 2.91. The smallest absolute Gasteiger partial charge is 0.307 e. The second-order valence-corrected chi connectivity index (χ2v) is 4.82. The molecule has 1 rings (SSSR count). The molecule has 0 fully saturated rings. The molecule has 1 aromatic carbocycles. The maximum absolute atomic E-state index is 10.7. The van der Waals surface area contributed by atoms with Crippen LogP contribution in [0.15, 0.2) is 24.3 Å². The summed E-state index contributed by atoms with van der Waals surface area (Å²) in [5.41, 5.74) is 1.17. The fourth-order valence-corrected chi connectivity index (χ4v) is 1.86. The highest BCUT2D eigenvalue weighted by Gasteiger charge is 2.13. The zero-order valence-electron chi connectivity index (χ0n) is 10.2. The van der Waals surface area contributed by atoms with E-state index in [0.717, 1.165) is 18.0 Å². The molecule has 0 aliphatic heterocycles. The van der Waals surface area contributed by atoms with Crippen LogP contribution < -0.4 is 0 Å². The number of hydrogen-bond donors (Lipinski definition) is 1. The molecule has 94 valence electrons. The Hall–Kier alpha value is -1.06. The van der Waals surface area contributed by atoms with E-state index in [2.05, 4.69) is 0 Å². The molecule has 1 atom stereocenters. The van der Waals surface area contributed by atoms with Crippen molar-refractivity contribution in [2.45, 2.75) is 13.3 Å². The molecule has 0 spiro atoms. The molecule has 3 nitrogen and oxygen atoms in total. The molecule has 1 aromatic rings. The van der Waals surface area contributed by atoms with Crippen molar-refractivity contribution in [1.82, 2.24) is 4.90 Å². The Morgan fingerprint density at radius 3 is 2.82 bits per heavy atom. The normalized spacial score (nSPS) is 12.7. The predicted octanol–water partition coefficient (Wildman–Crippen LogP) is 2.54. The van der Waals surface area contributed by atoms with E-state index in [4.69, 9.17) is 16.7 Å². The van der Waals surface area contributed by atoms with Crippen LogP contribution in [-0.4, -0.2) is 36.1 Å². The standard InChI is InChI=1S/C13H18ClNO2/c1-10(13(16)17)9-15(2)7-6-11-4-3-5-12(14)8-11/h3-5,8,10H,6-7,9H2,1-2H3,(H,16,17). The van der Waals surface area contributed by atoms with Gasteiger partial charge in [-0.15, -0.1) is 0 Å². The van der Waals surface area contributed by atoms with Gasteiger partial charge in [0.05, 0.1) is 5.92 Å². The Kier molecular flexibility index (Phi) is 5.45. The van der Waals surface area contributed by atoms with Crippen LogP contribution in [-0.2, 0) is 11.2 Å². The Morgan fingerprint density at radius 2 is 2.24 bits per heavy atom. The maximum Gasteiger partial charge on any atom is 0.307 e. The molecule has 0 radical (unpaired) electrons. The summed E-state index contributed by atoms with van der Waals surface area (Å²) in [6, 6.07) is 7.75. The Bertz CT molecular complexity index is 381. The average Bonchev–Trinajstić information content (AvgIpc) is 2.26. The molecule has 1 N–H and O–H groups in total. The van der Waals surface area contributed by atoms with Gasteiger partial charge in [-0.3, -0.25) is 4.79 Å². The number of nitrogens with zero attached hydrogens (tertiary/aromatic N) is 1. The summed E-state index contributed by atoms with van der Waals surface area (Å²) >= 11 is 5.89. The van der Waals surface area contributed by atoms with E-state index >= 15 is 0 Å². The van der Waals surface area contributed by atoms with E-state index in [0.29, 0.717) is 6.54 Å². The van der Waals surface area contributed by atoms with Crippen LogP contribution >= 0.6 is 11.6 Å². The van der Waals surface area contributed by atoms with Gasteiger partial charge in [0.25, 0.3) is 0 Å². The summed E-state index contributed by atoms with van der Waals surface area (Å²) in [5.74, 6) is -1.08. The lowest BCUT2D eigenvalue weighted by Crippen LogP contribution is -2.30. The van der Waals surface area contributed by atoms with Gasteiger partial charge < -0.3 is 10.0 Å². The molecule has 0 bridgehead atoms. The Labute approximate surface area is 107 Å². The molecule has 0 amide bonds. The van der Waals surface area contributed by atoms with Crippen LogP contribution in [0.3, 0.4) is 0 Å². The zero-order valence-corrected chi connectivity index (χ0v) is 10.9. The van der Waals surface area contributed by atoms with Gasteiger partial charge in [0.15, 0.2) is 0 Å². The summed E-state index contributed by atoms with van der Waals surface area (Å²) in [5, 5.41) is 9.55. The van der Waals surface area contributed by atoms with Gasteiger partial charge in [-0.1, -0.05) is 30.7 Å². The van der Waals surface area contributed by atoms with Crippen molar-refractivity contribution in [2.75, 3.05) is 20.1 Å². The first-order chi connectivity index (χ1) is 7.99. The van der Waals surface area contributed by atoms with E-state index < -0.39 is 5.97 Å². The quantitative estimate of drug-likeness (QED) is 0.849. The fraction of sp³-hybridized carbons (Fsp3) is 0.462. The molecule has 0 aliphatic rings. The minimum absolute atomic E-state index is 0.334. The van der Waals surface area contributed by atoms with Gasteiger partial charge in [0.2, 0.25) is 0 Å². The van der Waals surface area contributed by atoms with Crippen molar-refractivity contribution < 1.29 is 9.90 Å². The Balaban J connectivity index is 2.38. The van der Waals surface area contributed by atoms with Gasteiger partial charge in [-0.05, 0) is 31.2 Å². The Morgan fingerprint density at radius 1 is 1.53 bits per heavy atom. The summed E-state index contributed by atoms with van der Waals surface area (Å²) in [4.78, 5) is 12.7.